The first-order chi connectivity index (χ1) is 9.62. The fourth-order valence-corrected chi connectivity index (χ4v) is 2.27. The molecule has 0 unspecified atom stereocenters. The molecule has 1 fully saturated rings. The summed E-state index contributed by atoms with van der Waals surface area (Å²) in [6.07, 6.45) is 2.00. The van der Waals surface area contributed by atoms with Gasteiger partial charge in [0.1, 0.15) is 6.61 Å². The van der Waals surface area contributed by atoms with Gasteiger partial charge in [-0.2, -0.15) is 0 Å². The van der Waals surface area contributed by atoms with E-state index in [0.717, 1.165) is 24.0 Å². The zero-order chi connectivity index (χ0) is 14.5. The molecule has 0 aliphatic heterocycles. The number of hydrogen-bond donors (Lipinski definition) is 2. The van der Waals surface area contributed by atoms with Crippen molar-refractivity contribution in [2.45, 2.75) is 31.9 Å². The van der Waals surface area contributed by atoms with Crippen LogP contribution in [-0.2, 0) is 4.74 Å². The Labute approximate surface area is 119 Å². The summed E-state index contributed by atoms with van der Waals surface area (Å²) in [5, 5.41) is 11.7. The van der Waals surface area contributed by atoms with Gasteiger partial charge in [-0.15, -0.1) is 0 Å². The van der Waals surface area contributed by atoms with Crippen LogP contribution in [0.3, 0.4) is 0 Å². The Bertz CT molecular complexity index is 551. The predicted octanol–water partition coefficient (Wildman–Crippen LogP) is 1.25. The normalized spacial score (nSPS) is 20.6. The minimum Gasteiger partial charge on any atom is -0.384 e. The summed E-state index contributed by atoms with van der Waals surface area (Å²) in [4.78, 5) is 12.2. The quantitative estimate of drug-likeness (QED) is 0.815. The summed E-state index contributed by atoms with van der Waals surface area (Å²) < 4.78 is 5.19. The number of aliphatic hydroxyl groups excluding tert-OH is 1. The molecule has 0 heterocycles. The zero-order valence-corrected chi connectivity index (χ0v) is 11.8. The van der Waals surface area contributed by atoms with Gasteiger partial charge in [-0.3, -0.25) is 4.79 Å². The molecule has 1 aliphatic rings. The number of aliphatic hydroxyl groups is 1. The lowest BCUT2D eigenvalue weighted by Crippen LogP contribution is -2.47. The van der Waals surface area contributed by atoms with E-state index in [-0.39, 0.29) is 24.7 Å². The van der Waals surface area contributed by atoms with E-state index in [0.29, 0.717) is 5.56 Å². The number of carbonyl (C=O) groups excluding carboxylic acids is 1. The Kier molecular flexibility index (Phi) is 4.78. The maximum Gasteiger partial charge on any atom is 0.251 e. The van der Waals surface area contributed by atoms with Crippen LogP contribution >= 0.6 is 0 Å². The van der Waals surface area contributed by atoms with Crippen molar-refractivity contribution in [2.24, 2.45) is 0 Å². The van der Waals surface area contributed by atoms with Crippen molar-refractivity contribution in [3.63, 3.8) is 0 Å². The predicted molar refractivity (Wildman–Crippen MR) is 76.4 cm³/mol. The summed E-state index contributed by atoms with van der Waals surface area (Å²) in [5.74, 6) is 5.34. The van der Waals surface area contributed by atoms with Gasteiger partial charge in [0.25, 0.3) is 5.91 Å². The molecule has 1 aromatic rings. The standard InChI is InChI=1S/C16H19NO3/c1-11-6-12(4-3-5-18)8-13(7-11)16(19)17-14-9-15(10-14)20-2/h6-8,14-15,18H,5,9-10H2,1-2H3,(H,17,19). The minimum atomic E-state index is -0.185. The molecule has 106 valence electrons. The summed E-state index contributed by atoms with van der Waals surface area (Å²) in [7, 11) is 1.69. The van der Waals surface area contributed by atoms with E-state index in [1.807, 2.05) is 19.1 Å². The molecule has 1 amide bonds. The molecular formula is C16H19NO3. The third-order valence-electron chi connectivity index (χ3n) is 3.41. The number of methoxy groups -OCH3 is 1. The molecule has 4 heteroatoms. The molecule has 0 bridgehead atoms. The van der Waals surface area contributed by atoms with E-state index in [4.69, 9.17) is 9.84 Å². The Balaban J connectivity index is 2.04. The summed E-state index contributed by atoms with van der Waals surface area (Å²) in [5.41, 5.74) is 2.32. The number of benzene rings is 1. The van der Waals surface area contributed by atoms with Crippen LogP contribution < -0.4 is 5.32 Å². The fourth-order valence-electron chi connectivity index (χ4n) is 2.27. The minimum absolute atomic E-state index is 0.0831. The number of nitrogens with one attached hydrogen (secondary N) is 1. The van der Waals surface area contributed by atoms with E-state index < -0.39 is 0 Å². The highest BCUT2D eigenvalue weighted by molar-refractivity contribution is 5.95. The average Bonchev–Trinajstić information content (AvgIpc) is 2.39. The molecule has 20 heavy (non-hydrogen) atoms. The maximum absolute atomic E-state index is 12.2. The number of rotatable bonds is 3. The molecule has 0 spiro atoms. The van der Waals surface area contributed by atoms with Crippen molar-refractivity contribution in [3.8, 4) is 11.8 Å². The van der Waals surface area contributed by atoms with Crippen molar-refractivity contribution in [2.75, 3.05) is 13.7 Å². The average molecular weight is 273 g/mol. The number of ether oxygens (including phenoxy) is 1. The van der Waals surface area contributed by atoms with E-state index in [2.05, 4.69) is 17.2 Å². The lowest BCUT2D eigenvalue weighted by molar-refractivity contribution is 0.0176. The summed E-state index contributed by atoms with van der Waals surface area (Å²) in [6.45, 7) is 1.74. The molecule has 0 aromatic heterocycles. The number of amides is 1. The van der Waals surface area contributed by atoms with Crippen LogP contribution in [0.25, 0.3) is 0 Å². The molecule has 1 aliphatic carbocycles. The molecule has 1 saturated carbocycles. The van der Waals surface area contributed by atoms with Crippen molar-refractivity contribution < 1.29 is 14.6 Å². The topological polar surface area (TPSA) is 58.6 Å². The van der Waals surface area contributed by atoms with Crippen molar-refractivity contribution in [1.82, 2.24) is 5.32 Å². The monoisotopic (exact) mass is 273 g/mol. The largest absolute Gasteiger partial charge is 0.384 e. The first-order valence-electron chi connectivity index (χ1n) is 6.67. The van der Waals surface area contributed by atoms with Crippen molar-refractivity contribution >= 4 is 5.91 Å². The maximum atomic E-state index is 12.2. The Morgan fingerprint density at radius 3 is 2.85 bits per heavy atom. The van der Waals surface area contributed by atoms with Gasteiger partial charge in [-0.1, -0.05) is 11.8 Å². The molecule has 0 saturated heterocycles. The van der Waals surface area contributed by atoms with Gasteiger partial charge in [0, 0.05) is 24.3 Å². The Morgan fingerprint density at radius 1 is 1.45 bits per heavy atom. The van der Waals surface area contributed by atoms with Gasteiger partial charge >= 0.3 is 0 Å². The third-order valence-corrected chi connectivity index (χ3v) is 3.41. The van der Waals surface area contributed by atoms with Gasteiger partial charge in [0.05, 0.1) is 6.10 Å². The lowest BCUT2D eigenvalue weighted by atomic mass is 9.89. The Hall–Kier alpha value is -1.83. The summed E-state index contributed by atoms with van der Waals surface area (Å²) >= 11 is 0. The lowest BCUT2D eigenvalue weighted by Gasteiger charge is -2.34. The van der Waals surface area contributed by atoms with Crippen LogP contribution in [0, 0.1) is 18.8 Å². The second-order valence-corrected chi connectivity index (χ2v) is 5.05. The smallest absolute Gasteiger partial charge is 0.251 e. The molecule has 2 rings (SSSR count). The summed E-state index contributed by atoms with van der Waals surface area (Å²) in [6, 6.07) is 5.67. The van der Waals surface area contributed by atoms with Gasteiger partial charge in [0.2, 0.25) is 0 Å². The molecule has 0 radical (unpaired) electrons. The van der Waals surface area contributed by atoms with Gasteiger partial charge < -0.3 is 15.2 Å². The van der Waals surface area contributed by atoms with Gasteiger partial charge in [0.15, 0.2) is 0 Å². The second-order valence-electron chi connectivity index (χ2n) is 5.05. The highest BCUT2D eigenvalue weighted by atomic mass is 16.5. The second kappa shape index (κ2) is 6.56. The Morgan fingerprint density at radius 2 is 2.20 bits per heavy atom. The van der Waals surface area contributed by atoms with Crippen LogP contribution in [0.5, 0.6) is 0 Å². The molecule has 0 atom stereocenters. The molecular weight excluding hydrogens is 254 g/mol. The first-order valence-corrected chi connectivity index (χ1v) is 6.67. The number of aryl methyl sites for hydroxylation is 1. The highest BCUT2D eigenvalue weighted by Gasteiger charge is 2.30. The molecule has 1 aromatic carbocycles. The van der Waals surface area contributed by atoms with Crippen molar-refractivity contribution in [3.05, 3.63) is 34.9 Å². The van der Waals surface area contributed by atoms with Crippen molar-refractivity contribution in [1.29, 1.82) is 0 Å². The van der Waals surface area contributed by atoms with E-state index in [9.17, 15) is 4.79 Å². The third kappa shape index (κ3) is 3.60. The van der Waals surface area contributed by atoms with Crippen LogP contribution in [-0.4, -0.2) is 36.9 Å². The van der Waals surface area contributed by atoms with Crippen LogP contribution in [0.15, 0.2) is 18.2 Å². The molecule has 4 nitrogen and oxygen atoms in total. The van der Waals surface area contributed by atoms with E-state index in [1.54, 1.807) is 13.2 Å². The van der Waals surface area contributed by atoms with E-state index >= 15 is 0 Å². The molecule has 2 N–H and O–H groups in total. The zero-order valence-electron chi connectivity index (χ0n) is 11.8. The van der Waals surface area contributed by atoms with Crippen LogP contribution in [0.4, 0.5) is 0 Å². The van der Waals surface area contributed by atoms with Gasteiger partial charge in [-0.05, 0) is 43.5 Å². The fraction of sp³-hybridized carbons (Fsp3) is 0.438. The van der Waals surface area contributed by atoms with Crippen LogP contribution in [0.1, 0.15) is 34.3 Å². The highest BCUT2D eigenvalue weighted by Crippen LogP contribution is 2.23. The number of hydrogen-bond acceptors (Lipinski definition) is 3. The number of carbonyl (C=O) groups is 1. The SMILES string of the molecule is COC1CC(NC(=O)c2cc(C)cc(C#CCO)c2)C1. The van der Waals surface area contributed by atoms with E-state index in [1.165, 1.54) is 0 Å². The van der Waals surface area contributed by atoms with Crippen LogP contribution in [0.2, 0.25) is 0 Å². The van der Waals surface area contributed by atoms with Gasteiger partial charge in [-0.25, -0.2) is 0 Å². The first kappa shape index (κ1) is 14.6.